The maximum Gasteiger partial charge on any atom is 0.319 e. The van der Waals surface area contributed by atoms with Crippen LogP contribution in [0.15, 0.2) is 11.1 Å². The van der Waals surface area contributed by atoms with Crippen LogP contribution < -0.4 is 17.0 Å². The second kappa shape index (κ2) is 6.16. The number of H-pyrrole nitrogens is 1. The van der Waals surface area contributed by atoms with Gasteiger partial charge in [0, 0.05) is 0 Å². The largest absolute Gasteiger partial charge is 0.462 e. The Morgan fingerprint density at radius 1 is 1.46 bits per heavy atom. The number of aromatic nitrogens is 4. The van der Waals surface area contributed by atoms with Gasteiger partial charge in [-0.05, 0) is 0 Å². The van der Waals surface area contributed by atoms with Crippen LogP contribution in [0.1, 0.15) is 6.23 Å². The Balaban J connectivity index is 1.87. The molecule has 7 N–H and O–H groups in total. The van der Waals surface area contributed by atoms with Crippen molar-refractivity contribution in [2.75, 3.05) is 18.9 Å². The minimum atomic E-state index is -1.36. The highest BCUT2D eigenvalue weighted by atomic mass is 16.6. The minimum Gasteiger partial charge on any atom is -0.462 e. The van der Waals surface area contributed by atoms with Crippen LogP contribution in [-0.2, 0) is 14.3 Å². The number of nitrogens with two attached hydrogens (primary N) is 2. The van der Waals surface area contributed by atoms with Crippen molar-refractivity contribution in [3.05, 3.63) is 16.7 Å². The van der Waals surface area contributed by atoms with E-state index in [2.05, 4.69) is 15.0 Å². The molecule has 12 heteroatoms. The molecule has 2 unspecified atom stereocenters. The Hall–Kier alpha value is -2.54. The fraction of sp³-hybridized carbons (Fsp3) is 0.500. The number of hydrogen-bond donors (Lipinski definition) is 5. The number of ether oxygens (including phenoxy) is 2. The van der Waals surface area contributed by atoms with E-state index in [4.69, 9.17) is 20.9 Å². The van der Waals surface area contributed by atoms with Crippen molar-refractivity contribution in [1.82, 2.24) is 19.5 Å². The van der Waals surface area contributed by atoms with Gasteiger partial charge in [-0.3, -0.25) is 19.1 Å². The van der Waals surface area contributed by atoms with Crippen LogP contribution in [-0.4, -0.2) is 67.2 Å². The molecular formula is C12H16N6O6. The average Bonchev–Trinajstić information content (AvgIpc) is 3.08. The minimum absolute atomic E-state index is 0.00694. The third-order valence-electron chi connectivity index (χ3n) is 3.64. The summed E-state index contributed by atoms with van der Waals surface area (Å²) in [6, 6.07) is 0. The van der Waals surface area contributed by atoms with Gasteiger partial charge in [0.2, 0.25) is 5.95 Å². The van der Waals surface area contributed by atoms with Crippen molar-refractivity contribution >= 4 is 23.1 Å². The molecule has 4 atom stereocenters. The number of esters is 1. The highest BCUT2D eigenvalue weighted by molar-refractivity contribution is 5.71. The quantitative estimate of drug-likeness (QED) is 0.354. The molecule has 2 aromatic rings. The van der Waals surface area contributed by atoms with Gasteiger partial charge in [-0.2, -0.15) is 4.98 Å². The zero-order chi connectivity index (χ0) is 17.4. The highest BCUT2D eigenvalue weighted by Gasteiger charge is 2.44. The van der Waals surface area contributed by atoms with E-state index in [0.29, 0.717) is 0 Å². The number of carbonyl (C=O) groups excluding carboxylic acids is 1. The van der Waals surface area contributed by atoms with E-state index in [0.717, 1.165) is 0 Å². The molecule has 0 saturated carbocycles. The number of nitrogens with one attached hydrogen (secondary N) is 1. The number of aliphatic hydroxyl groups excluding tert-OH is 2. The number of hydrogen-bond acceptors (Lipinski definition) is 10. The highest BCUT2D eigenvalue weighted by Crippen LogP contribution is 2.31. The van der Waals surface area contributed by atoms with Crippen molar-refractivity contribution in [2.24, 2.45) is 5.73 Å². The molecule has 1 saturated heterocycles. The Morgan fingerprint density at radius 3 is 2.92 bits per heavy atom. The number of aliphatic hydroxyl groups is 2. The van der Waals surface area contributed by atoms with E-state index in [1.54, 1.807) is 0 Å². The first kappa shape index (κ1) is 16.3. The summed E-state index contributed by atoms with van der Waals surface area (Å²) in [4.78, 5) is 33.0. The van der Waals surface area contributed by atoms with E-state index < -0.39 is 36.1 Å². The number of rotatable bonds is 4. The molecule has 0 spiro atoms. The normalized spacial score (nSPS) is 26.8. The topological polar surface area (TPSA) is 192 Å². The summed E-state index contributed by atoms with van der Waals surface area (Å²) in [5, 5.41) is 20.2. The summed E-state index contributed by atoms with van der Waals surface area (Å²) in [7, 11) is 0. The molecule has 3 rings (SSSR count). The molecule has 1 aliphatic rings. The van der Waals surface area contributed by atoms with Crippen molar-refractivity contribution in [2.45, 2.75) is 24.5 Å². The second-order valence-electron chi connectivity index (χ2n) is 5.21. The molecular weight excluding hydrogens is 324 g/mol. The lowest BCUT2D eigenvalue weighted by atomic mass is 10.1. The van der Waals surface area contributed by atoms with E-state index in [9.17, 15) is 19.8 Å². The predicted molar refractivity (Wildman–Crippen MR) is 78.5 cm³/mol. The van der Waals surface area contributed by atoms with Crippen LogP contribution in [0.4, 0.5) is 5.95 Å². The Bertz CT molecular complexity index is 818. The molecule has 0 aliphatic carbocycles. The van der Waals surface area contributed by atoms with E-state index in [-0.39, 0.29) is 30.3 Å². The number of fused-ring (bicyclic) bond motifs is 1. The first-order valence-corrected chi connectivity index (χ1v) is 7.02. The lowest BCUT2D eigenvalue weighted by Gasteiger charge is -2.16. The summed E-state index contributed by atoms with van der Waals surface area (Å²) in [6.07, 6.45) is -3.50. The molecule has 0 amide bonds. The molecule has 12 nitrogen and oxygen atoms in total. The third-order valence-corrected chi connectivity index (χ3v) is 3.64. The first-order valence-electron chi connectivity index (χ1n) is 7.02. The number of nitrogen functional groups attached to an aromatic ring is 1. The van der Waals surface area contributed by atoms with Gasteiger partial charge in [-0.1, -0.05) is 0 Å². The molecule has 1 aliphatic heterocycles. The average molecular weight is 340 g/mol. The van der Waals surface area contributed by atoms with Crippen LogP contribution in [0.25, 0.3) is 11.2 Å². The second-order valence-corrected chi connectivity index (χ2v) is 5.21. The van der Waals surface area contributed by atoms with Gasteiger partial charge in [0.15, 0.2) is 17.4 Å². The summed E-state index contributed by atoms with van der Waals surface area (Å²) in [5.74, 6) is -0.798. The van der Waals surface area contributed by atoms with Crippen molar-refractivity contribution in [3.63, 3.8) is 0 Å². The van der Waals surface area contributed by atoms with Crippen LogP contribution in [0.3, 0.4) is 0 Å². The summed E-state index contributed by atoms with van der Waals surface area (Å²) < 4.78 is 11.6. The maximum absolute atomic E-state index is 11.8. The van der Waals surface area contributed by atoms with Gasteiger partial charge in [-0.15, -0.1) is 0 Å². The molecule has 0 bridgehead atoms. The zero-order valence-corrected chi connectivity index (χ0v) is 12.3. The van der Waals surface area contributed by atoms with Crippen LogP contribution in [0.2, 0.25) is 0 Å². The molecule has 1 fully saturated rings. The molecule has 0 radical (unpaired) electrons. The van der Waals surface area contributed by atoms with Gasteiger partial charge in [-0.25, -0.2) is 4.98 Å². The Morgan fingerprint density at radius 2 is 2.21 bits per heavy atom. The summed E-state index contributed by atoms with van der Waals surface area (Å²) in [5.41, 5.74) is 10.2. The van der Waals surface area contributed by atoms with Crippen molar-refractivity contribution < 1.29 is 24.5 Å². The third kappa shape index (κ3) is 2.71. The van der Waals surface area contributed by atoms with Crippen molar-refractivity contribution in [1.29, 1.82) is 0 Å². The van der Waals surface area contributed by atoms with Crippen LogP contribution in [0.5, 0.6) is 0 Å². The first-order chi connectivity index (χ1) is 11.4. The van der Waals surface area contributed by atoms with Gasteiger partial charge in [0.25, 0.3) is 5.56 Å². The van der Waals surface area contributed by atoms with Crippen molar-refractivity contribution in [3.8, 4) is 0 Å². The number of carbonyl (C=O) groups is 1. The van der Waals surface area contributed by atoms with E-state index >= 15 is 0 Å². The smallest absolute Gasteiger partial charge is 0.319 e. The van der Waals surface area contributed by atoms with E-state index in [1.807, 2.05) is 0 Å². The molecule has 0 aromatic carbocycles. The fourth-order valence-corrected chi connectivity index (χ4v) is 2.46. The van der Waals surface area contributed by atoms with Gasteiger partial charge in [0.1, 0.15) is 24.9 Å². The van der Waals surface area contributed by atoms with E-state index in [1.165, 1.54) is 10.9 Å². The van der Waals surface area contributed by atoms with Crippen LogP contribution >= 0.6 is 0 Å². The van der Waals surface area contributed by atoms with Gasteiger partial charge >= 0.3 is 5.97 Å². The number of anilines is 1. The lowest BCUT2D eigenvalue weighted by molar-refractivity contribution is -0.148. The monoisotopic (exact) mass is 340 g/mol. The van der Waals surface area contributed by atoms with Gasteiger partial charge < -0.3 is 31.2 Å². The SMILES string of the molecule is NCC(=O)OC[C@H]1O[C@@H](n2cnc3c(=O)[nH]c(N)nc32)C(O)C1O. The number of imidazole rings is 1. The zero-order valence-electron chi connectivity index (χ0n) is 12.3. The lowest BCUT2D eigenvalue weighted by Crippen LogP contribution is -2.35. The Kier molecular flexibility index (Phi) is 4.19. The molecule has 3 heterocycles. The predicted octanol–water partition coefficient (Wildman–Crippen LogP) is -3.18. The van der Waals surface area contributed by atoms with Crippen LogP contribution in [0, 0.1) is 0 Å². The Labute approximate surface area is 134 Å². The van der Waals surface area contributed by atoms with Gasteiger partial charge in [0.05, 0.1) is 12.9 Å². The number of aromatic amines is 1. The number of nitrogens with zero attached hydrogens (tertiary/aromatic N) is 3. The fourth-order valence-electron chi connectivity index (χ4n) is 2.46. The maximum atomic E-state index is 11.8. The summed E-state index contributed by atoms with van der Waals surface area (Å²) >= 11 is 0. The standard InChI is InChI=1S/C12H16N6O6/c13-1-5(19)23-2-4-7(20)8(21)11(24-4)18-3-15-6-9(18)16-12(14)17-10(6)22/h3-4,7-8,11,20-21H,1-2,13H2,(H3,14,16,17,22)/t4-,7?,8?,11-/m1/s1. The molecule has 24 heavy (non-hydrogen) atoms. The molecule has 130 valence electrons. The molecule has 2 aromatic heterocycles. The summed E-state index contributed by atoms with van der Waals surface area (Å²) in [6.45, 7) is -0.597.